The highest BCUT2D eigenvalue weighted by atomic mass is 32.2. The summed E-state index contributed by atoms with van der Waals surface area (Å²) in [6, 6.07) is 15.1. The lowest BCUT2D eigenvalue weighted by atomic mass is 10.0. The maximum Gasteiger partial charge on any atom is 0.329 e. The van der Waals surface area contributed by atoms with Crippen molar-refractivity contribution in [2.24, 2.45) is 5.92 Å². The van der Waals surface area contributed by atoms with Gasteiger partial charge in [0.2, 0.25) is 15.9 Å². The van der Waals surface area contributed by atoms with Gasteiger partial charge in [0.25, 0.3) is 0 Å². The predicted molar refractivity (Wildman–Crippen MR) is 140 cm³/mol. The number of sulfonamides is 1. The smallest absolute Gasteiger partial charge is 0.329 e. The van der Waals surface area contributed by atoms with Crippen molar-refractivity contribution in [3.05, 3.63) is 65.7 Å². The van der Waals surface area contributed by atoms with E-state index in [1.165, 1.54) is 0 Å². The van der Waals surface area contributed by atoms with Gasteiger partial charge in [-0.3, -0.25) is 4.79 Å². The first-order valence-electron chi connectivity index (χ1n) is 12.0. The molecule has 2 N–H and O–H groups in total. The third-order valence-electron chi connectivity index (χ3n) is 5.00. The van der Waals surface area contributed by atoms with E-state index < -0.39 is 39.6 Å². The third-order valence-corrected chi connectivity index (χ3v) is 5.71. The fraction of sp³-hybridized carbons (Fsp3) is 0.481. The molecule has 36 heavy (non-hydrogen) atoms. The number of nitrogens with one attached hydrogen (secondary N) is 2. The number of carbonyl (C=O) groups excluding carboxylic acids is 2. The van der Waals surface area contributed by atoms with Crippen molar-refractivity contribution >= 4 is 21.9 Å². The Hall–Kier alpha value is -2.91. The lowest BCUT2D eigenvalue weighted by molar-refractivity contribution is -0.158. The quantitative estimate of drug-likeness (QED) is 0.416. The van der Waals surface area contributed by atoms with Crippen LogP contribution in [0.15, 0.2) is 54.6 Å². The predicted octanol–water partition coefficient (Wildman–Crippen LogP) is 3.60. The molecule has 0 aliphatic carbocycles. The summed E-state index contributed by atoms with van der Waals surface area (Å²) < 4.78 is 37.3. The van der Waals surface area contributed by atoms with Crippen molar-refractivity contribution in [2.45, 2.75) is 71.8 Å². The van der Waals surface area contributed by atoms with Crippen LogP contribution in [0.5, 0.6) is 5.75 Å². The first kappa shape index (κ1) is 29.3. The van der Waals surface area contributed by atoms with Crippen LogP contribution in [0, 0.1) is 5.92 Å². The molecule has 1 amide bonds. The van der Waals surface area contributed by atoms with Crippen molar-refractivity contribution in [1.29, 1.82) is 0 Å². The normalized spacial score (nSPS) is 13.6. The standard InChI is InChI=1S/C27H38N2O6S/c1-19(2)16-23(29-36(6,32)33)25(30)28-24(26(31)35-27(3,4)5)17-20-12-14-22(15-13-20)34-18-21-10-8-7-9-11-21/h7-15,19,23-24,29H,16-18H2,1-6H3,(H,28,30). The van der Waals surface area contributed by atoms with Crippen LogP contribution in [0.2, 0.25) is 0 Å². The van der Waals surface area contributed by atoms with E-state index in [9.17, 15) is 18.0 Å². The summed E-state index contributed by atoms with van der Waals surface area (Å²) in [5, 5.41) is 2.71. The Morgan fingerprint density at radius 2 is 1.53 bits per heavy atom. The lowest BCUT2D eigenvalue weighted by Gasteiger charge is -2.26. The van der Waals surface area contributed by atoms with Gasteiger partial charge in [-0.25, -0.2) is 17.9 Å². The molecule has 0 saturated carbocycles. The average molecular weight is 519 g/mol. The van der Waals surface area contributed by atoms with E-state index >= 15 is 0 Å². The van der Waals surface area contributed by atoms with Crippen LogP contribution in [-0.4, -0.2) is 44.2 Å². The fourth-order valence-corrected chi connectivity index (χ4v) is 4.20. The number of benzene rings is 2. The molecule has 0 aliphatic heterocycles. The van der Waals surface area contributed by atoms with E-state index in [2.05, 4.69) is 10.0 Å². The van der Waals surface area contributed by atoms with Crippen molar-refractivity contribution in [2.75, 3.05) is 6.26 Å². The van der Waals surface area contributed by atoms with Gasteiger partial charge in [-0.1, -0.05) is 56.3 Å². The highest BCUT2D eigenvalue weighted by Gasteiger charge is 2.31. The van der Waals surface area contributed by atoms with Crippen molar-refractivity contribution < 1.29 is 27.5 Å². The molecule has 0 aromatic heterocycles. The maximum atomic E-state index is 13.0. The summed E-state index contributed by atoms with van der Waals surface area (Å²) in [7, 11) is -3.63. The molecule has 9 heteroatoms. The Bertz CT molecular complexity index is 1090. The third kappa shape index (κ3) is 11.2. The molecular weight excluding hydrogens is 480 g/mol. The summed E-state index contributed by atoms with van der Waals surface area (Å²) >= 11 is 0. The highest BCUT2D eigenvalue weighted by Crippen LogP contribution is 2.17. The number of ether oxygens (including phenoxy) is 2. The molecule has 2 aromatic rings. The molecule has 0 spiro atoms. The number of carbonyl (C=O) groups is 2. The zero-order valence-corrected chi connectivity index (χ0v) is 22.7. The fourth-order valence-electron chi connectivity index (χ4n) is 3.48. The van der Waals surface area contributed by atoms with Gasteiger partial charge in [0, 0.05) is 6.42 Å². The molecule has 0 aliphatic rings. The zero-order chi connectivity index (χ0) is 26.9. The molecule has 0 saturated heterocycles. The lowest BCUT2D eigenvalue weighted by Crippen LogP contribution is -2.53. The minimum absolute atomic E-state index is 0.0541. The molecule has 2 unspecified atom stereocenters. The van der Waals surface area contributed by atoms with Gasteiger partial charge in [0.05, 0.1) is 6.26 Å². The number of hydrogen-bond acceptors (Lipinski definition) is 6. The van der Waals surface area contributed by atoms with Gasteiger partial charge < -0.3 is 14.8 Å². The van der Waals surface area contributed by atoms with E-state index in [0.717, 1.165) is 17.4 Å². The molecule has 0 radical (unpaired) electrons. The monoisotopic (exact) mass is 518 g/mol. The summed E-state index contributed by atoms with van der Waals surface area (Å²) in [5.74, 6) is -0.441. The van der Waals surface area contributed by atoms with E-state index in [0.29, 0.717) is 12.4 Å². The highest BCUT2D eigenvalue weighted by molar-refractivity contribution is 7.88. The first-order chi connectivity index (χ1) is 16.7. The zero-order valence-electron chi connectivity index (χ0n) is 21.9. The van der Waals surface area contributed by atoms with Crippen LogP contribution >= 0.6 is 0 Å². The summed E-state index contributed by atoms with van der Waals surface area (Å²) in [4.78, 5) is 26.0. The van der Waals surface area contributed by atoms with Gasteiger partial charge in [-0.05, 0) is 56.4 Å². The van der Waals surface area contributed by atoms with Crippen molar-refractivity contribution in [3.8, 4) is 5.75 Å². The molecule has 8 nitrogen and oxygen atoms in total. The summed E-state index contributed by atoms with van der Waals surface area (Å²) in [6.45, 7) is 9.44. The number of hydrogen-bond donors (Lipinski definition) is 2. The first-order valence-corrected chi connectivity index (χ1v) is 13.9. The second kappa shape index (κ2) is 12.9. The molecule has 2 aromatic carbocycles. The Morgan fingerprint density at radius 3 is 2.06 bits per heavy atom. The van der Waals surface area contributed by atoms with E-state index in [-0.39, 0.29) is 18.8 Å². The van der Waals surface area contributed by atoms with Crippen molar-refractivity contribution in [1.82, 2.24) is 10.0 Å². The Labute approximate surface area is 214 Å². The Morgan fingerprint density at radius 1 is 0.917 bits per heavy atom. The largest absolute Gasteiger partial charge is 0.489 e. The van der Waals surface area contributed by atoms with Gasteiger partial charge in [0.15, 0.2) is 0 Å². The van der Waals surface area contributed by atoms with Gasteiger partial charge in [-0.2, -0.15) is 0 Å². The molecule has 2 atom stereocenters. The Balaban J connectivity index is 2.15. The molecule has 0 fully saturated rings. The molecule has 2 rings (SSSR count). The van der Waals surface area contributed by atoms with E-state index in [1.807, 2.05) is 56.3 Å². The van der Waals surface area contributed by atoms with Gasteiger partial charge >= 0.3 is 5.97 Å². The number of rotatable bonds is 12. The number of amides is 1. The SMILES string of the molecule is CC(C)CC(NS(C)(=O)=O)C(=O)NC(Cc1ccc(OCc2ccccc2)cc1)C(=O)OC(C)(C)C. The van der Waals surface area contributed by atoms with Crippen LogP contribution < -0.4 is 14.8 Å². The Kier molecular flexibility index (Phi) is 10.5. The minimum Gasteiger partial charge on any atom is -0.489 e. The summed E-state index contributed by atoms with van der Waals surface area (Å²) in [6.07, 6.45) is 1.46. The van der Waals surface area contributed by atoms with E-state index in [4.69, 9.17) is 9.47 Å². The van der Waals surface area contributed by atoms with Crippen LogP contribution in [0.25, 0.3) is 0 Å². The summed E-state index contributed by atoms with van der Waals surface area (Å²) in [5.41, 5.74) is 1.08. The van der Waals surface area contributed by atoms with Gasteiger partial charge in [-0.15, -0.1) is 0 Å². The molecule has 0 heterocycles. The van der Waals surface area contributed by atoms with Crippen LogP contribution in [0.1, 0.15) is 52.2 Å². The van der Waals surface area contributed by atoms with Crippen LogP contribution in [0.3, 0.4) is 0 Å². The molecule has 198 valence electrons. The topological polar surface area (TPSA) is 111 Å². The van der Waals surface area contributed by atoms with Gasteiger partial charge in [0.1, 0.15) is 30.0 Å². The maximum absolute atomic E-state index is 13.0. The molecule has 0 bridgehead atoms. The van der Waals surface area contributed by atoms with Crippen molar-refractivity contribution in [3.63, 3.8) is 0 Å². The molecular formula is C27H38N2O6S. The van der Waals surface area contributed by atoms with Crippen LogP contribution in [-0.2, 0) is 37.4 Å². The second-order valence-corrected chi connectivity index (χ2v) is 12.1. The minimum atomic E-state index is -3.63. The van der Waals surface area contributed by atoms with E-state index in [1.54, 1.807) is 32.9 Å². The van der Waals surface area contributed by atoms with Crippen LogP contribution in [0.4, 0.5) is 0 Å². The second-order valence-electron chi connectivity index (χ2n) is 10.3. The number of esters is 1. The average Bonchev–Trinajstić information content (AvgIpc) is 2.76.